The van der Waals surface area contributed by atoms with E-state index in [2.05, 4.69) is 0 Å². The van der Waals surface area contributed by atoms with Gasteiger partial charge in [-0.15, -0.1) is 11.3 Å². The molecule has 1 aromatic heterocycles. The van der Waals surface area contributed by atoms with Crippen molar-refractivity contribution in [3.8, 4) is 0 Å². The maximum atomic E-state index is 12.5. The maximum absolute atomic E-state index is 12.5. The summed E-state index contributed by atoms with van der Waals surface area (Å²) >= 11 is 0.859. The van der Waals surface area contributed by atoms with Crippen LogP contribution in [0.1, 0.15) is 22.5 Å². The van der Waals surface area contributed by atoms with Gasteiger partial charge in [0.1, 0.15) is 9.77 Å². The van der Waals surface area contributed by atoms with E-state index in [1.807, 2.05) is 0 Å². The molecule has 0 aliphatic carbocycles. The first-order valence-corrected chi connectivity index (χ1v) is 8.26. The summed E-state index contributed by atoms with van der Waals surface area (Å²) in [7, 11) is -3.91. The first-order chi connectivity index (χ1) is 9.34. The second-order valence-electron chi connectivity index (χ2n) is 4.52. The van der Waals surface area contributed by atoms with Crippen LogP contribution in [-0.4, -0.2) is 42.8 Å². The lowest BCUT2D eigenvalue weighted by Gasteiger charge is -2.30. The standard InChI is InChI=1S/C11H14N2O5S2/c12-10(14)7-2-1-4-13(6-7)20(17,18)8-3-5-19-9(8)11(15)16/h3,5,7H,1-2,4,6H2,(H2,12,14)(H,15,16)/t7-/m1/s1. The minimum atomic E-state index is -3.91. The molecule has 7 nitrogen and oxygen atoms in total. The van der Waals surface area contributed by atoms with Crippen LogP contribution in [0.2, 0.25) is 0 Å². The van der Waals surface area contributed by atoms with E-state index in [-0.39, 0.29) is 22.9 Å². The number of rotatable bonds is 4. The zero-order chi connectivity index (χ0) is 14.9. The molecular formula is C11H14N2O5S2. The molecule has 9 heteroatoms. The number of nitrogens with two attached hydrogens (primary N) is 1. The molecule has 2 heterocycles. The van der Waals surface area contributed by atoms with Gasteiger partial charge in [0.25, 0.3) is 0 Å². The summed E-state index contributed by atoms with van der Waals surface area (Å²) in [6.45, 7) is 0.271. The van der Waals surface area contributed by atoms with Crippen molar-refractivity contribution in [2.75, 3.05) is 13.1 Å². The number of aromatic carboxylic acids is 1. The van der Waals surface area contributed by atoms with Gasteiger partial charge in [0, 0.05) is 13.1 Å². The predicted molar refractivity (Wildman–Crippen MR) is 72.0 cm³/mol. The predicted octanol–water partition coefficient (Wildman–Crippen LogP) is 0.332. The Morgan fingerprint density at radius 2 is 2.15 bits per heavy atom. The first-order valence-electron chi connectivity index (χ1n) is 5.94. The summed E-state index contributed by atoms with van der Waals surface area (Å²) in [4.78, 5) is 21.8. The SMILES string of the molecule is NC(=O)[C@@H]1CCCN(S(=O)(=O)c2ccsc2C(=O)O)C1. The third-order valence-electron chi connectivity index (χ3n) is 3.23. The second-order valence-corrected chi connectivity index (χ2v) is 7.35. The highest BCUT2D eigenvalue weighted by Crippen LogP contribution is 2.28. The molecule has 0 radical (unpaired) electrons. The van der Waals surface area contributed by atoms with Gasteiger partial charge in [0.05, 0.1) is 5.92 Å². The van der Waals surface area contributed by atoms with Crippen LogP contribution in [0.5, 0.6) is 0 Å². The average Bonchev–Trinajstić information content (AvgIpc) is 2.89. The Morgan fingerprint density at radius 3 is 2.75 bits per heavy atom. The van der Waals surface area contributed by atoms with Crippen LogP contribution >= 0.6 is 11.3 Å². The highest BCUT2D eigenvalue weighted by molar-refractivity contribution is 7.89. The van der Waals surface area contributed by atoms with Gasteiger partial charge in [-0.1, -0.05) is 0 Å². The largest absolute Gasteiger partial charge is 0.477 e. The molecule has 1 aromatic rings. The van der Waals surface area contributed by atoms with Gasteiger partial charge >= 0.3 is 5.97 Å². The fraction of sp³-hybridized carbons (Fsp3) is 0.455. The summed E-state index contributed by atoms with van der Waals surface area (Å²) in [6, 6.07) is 1.28. The molecule has 0 aromatic carbocycles. The van der Waals surface area contributed by atoms with E-state index in [1.165, 1.54) is 11.4 Å². The lowest BCUT2D eigenvalue weighted by atomic mass is 9.99. The number of nitrogens with zero attached hydrogens (tertiary/aromatic N) is 1. The van der Waals surface area contributed by atoms with Gasteiger partial charge in [0.15, 0.2) is 0 Å². The third kappa shape index (κ3) is 2.69. The number of primary amides is 1. The molecule has 20 heavy (non-hydrogen) atoms. The van der Waals surface area contributed by atoms with Gasteiger partial charge in [-0.05, 0) is 24.3 Å². The average molecular weight is 318 g/mol. The molecule has 3 N–H and O–H groups in total. The van der Waals surface area contributed by atoms with Gasteiger partial charge in [0.2, 0.25) is 15.9 Å². The van der Waals surface area contributed by atoms with E-state index in [9.17, 15) is 18.0 Å². The van der Waals surface area contributed by atoms with Crippen LogP contribution < -0.4 is 5.73 Å². The molecule has 0 bridgehead atoms. The molecular weight excluding hydrogens is 304 g/mol. The van der Waals surface area contributed by atoms with Crippen LogP contribution in [-0.2, 0) is 14.8 Å². The number of hydrogen-bond acceptors (Lipinski definition) is 5. The zero-order valence-corrected chi connectivity index (χ0v) is 12.1. The van der Waals surface area contributed by atoms with E-state index in [0.717, 1.165) is 15.6 Å². The highest BCUT2D eigenvalue weighted by atomic mass is 32.2. The number of thiophene rings is 1. The van der Waals surface area contributed by atoms with E-state index in [1.54, 1.807) is 0 Å². The van der Waals surface area contributed by atoms with E-state index in [0.29, 0.717) is 12.8 Å². The Bertz CT molecular complexity index is 637. The first kappa shape index (κ1) is 14.9. The summed E-state index contributed by atoms with van der Waals surface area (Å²) < 4.78 is 26.1. The van der Waals surface area contributed by atoms with Crippen LogP contribution in [0.4, 0.5) is 0 Å². The Labute approximate surface area is 120 Å². The van der Waals surface area contributed by atoms with Crippen LogP contribution in [0.3, 0.4) is 0 Å². The molecule has 1 aliphatic rings. The molecule has 1 atom stereocenters. The Morgan fingerprint density at radius 1 is 1.45 bits per heavy atom. The minimum absolute atomic E-state index is 0.00652. The second kappa shape index (κ2) is 5.51. The number of hydrogen-bond donors (Lipinski definition) is 2. The quantitative estimate of drug-likeness (QED) is 0.829. The van der Waals surface area contributed by atoms with Gasteiger partial charge in [-0.2, -0.15) is 4.31 Å². The van der Waals surface area contributed by atoms with Crippen molar-refractivity contribution in [3.05, 3.63) is 16.3 Å². The Hall–Kier alpha value is -1.45. The third-order valence-corrected chi connectivity index (χ3v) is 6.17. The zero-order valence-electron chi connectivity index (χ0n) is 10.5. The van der Waals surface area contributed by atoms with Crippen molar-refractivity contribution in [3.63, 3.8) is 0 Å². The monoisotopic (exact) mass is 318 g/mol. The molecule has 1 aliphatic heterocycles. The number of carbonyl (C=O) groups excluding carboxylic acids is 1. The van der Waals surface area contributed by atoms with Crippen molar-refractivity contribution < 1.29 is 23.1 Å². The van der Waals surface area contributed by atoms with E-state index in [4.69, 9.17) is 10.8 Å². The van der Waals surface area contributed by atoms with Crippen molar-refractivity contribution in [2.24, 2.45) is 11.7 Å². The maximum Gasteiger partial charge on any atom is 0.347 e. The van der Waals surface area contributed by atoms with Gasteiger partial charge in [-0.3, -0.25) is 4.79 Å². The van der Waals surface area contributed by atoms with Crippen LogP contribution in [0.25, 0.3) is 0 Å². The van der Waals surface area contributed by atoms with Crippen LogP contribution in [0.15, 0.2) is 16.3 Å². The van der Waals surface area contributed by atoms with E-state index >= 15 is 0 Å². The fourth-order valence-corrected chi connectivity index (χ4v) is 4.95. The van der Waals surface area contributed by atoms with Crippen molar-refractivity contribution in [2.45, 2.75) is 17.7 Å². The van der Waals surface area contributed by atoms with E-state index < -0.39 is 27.8 Å². The Kier molecular flexibility index (Phi) is 4.11. The lowest BCUT2D eigenvalue weighted by molar-refractivity contribution is -0.122. The van der Waals surface area contributed by atoms with Crippen molar-refractivity contribution in [1.29, 1.82) is 0 Å². The minimum Gasteiger partial charge on any atom is -0.477 e. The summed E-state index contributed by atoms with van der Waals surface area (Å²) in [5.74, 6) is -2.33. The fourth-order valence-electron chi connectivity index (χ4n) is 2.19. The molecule has 0 saturated carbocycles. The normalized spacial score (nSPS) is 20.7. The summed E-state index contributed by atoms with van der Waals surface area (Å²) in [5, 5.41) is 10.4. The molecule has 1 fully saturated rings. The topological polar surface area (TPSA) is 118 Å². The number of carbonyl (C=O) groups is 2. The number of carboxylic acids is 1. The van der Waals surface area contributed by atoms with Gasteiger partial charge in [-0.25, -0.2) is 13.2 Å². The number of amides is 1. The van der Waals surface area contributed by atoms with Crippen LogP contribution in [0, 0.1) is 5.92 Å². The highest BCUT2D eigenvalue weighted by Gasteiger charge is 2.35. The molecule has 110 valence electrons. The lowest BCUT2D eigenvalue weighted by Crippen LogP contribution is -2.44. The van der Waals surface area contributed by atoms with Gasteiger partial charge < -0.3 is 10.8 Å². The van der Waals surface area contributed by atoms with Crippen molar-refractivity contribution in [1.82, 2.24) is 4.31 Å². The summed E-state index contributed by atoms with van der Waals surface area (Å²) in [6.07, 6.45) is 1.08. The number of sulfonamides is 1. The number of carboxylic acid groups (broad SMARTS) is 1. The summed E-state index contributed by atoms with van der Waals surface area (Å²) in [5.41, 5.74) is 5.22. The number of piperidine rings is 1. The molecule has 0 unspecified atom stereocenters. The smallest absolute Gasteiger partial charge is 0.347 e. The Balaban J connectivity index is 2.32. The molecule has 1 saturated heterocycles. The van der Waals surface area contributed by atoms with Crippen molar-refractivity contribution >= 4 is 33.2 Å². The molecule has 2 rings (SSSR count). The molecule has 1 amide bonds. The molecule has 0 spiro atoms.